The summed E-state index contributed by atoms with van der Waals surface area (Å²) in [5, 5.41) is 10.3. The van der Waals surface area contributed by atoms with Gasteiger partial charge < -0.3 is 5.11 Å². The van der Waals surface area contributed by atoms with Crippen LogP contribution < -0.4 is 0 Å². The highest BCUT2D eigenvalue weighted by atomic mass is 16.3. The quantitative estimate of drug-likeness (QED) is 0.534. The molecule has 4 aliphatic carbocycles. The van der Waals surface area contributed by atoms with Crippen molar-refractivity contribution in [1.82, 2.24) is 4.90 Å². The predicted octanol–water partition coefficient (Wildman–Crippen LogP) is 5.66. The molecule has 6 unspecified atom stereocenters. The predicted molar refractivity (Wildman–Crippen MR) is 118 cm³/mol. The standard InChI is InChI=1S/C27H43NO/c1-16-5-8-23-17(2)25-24(28(23)15-16)14-22-20-7-6-18-13-19(29)9-11-26(18,3)21(20)10-12-27(22,25)4/h6,16-17,19-25,29H,5,7-15H2,1-4H3/t16-,17?,19-,20?,21?,22?,23+,24?,25?,26-,27-/m0/s1. The largest absolute Gasteiger partial charge is 0.393 e. The van der Waals surface area contributed by atoms with Crippen molar-refractivity contribution >= 4 is 0 Å². The van der Waals surface area contributed by atoms with Gasteiger partial charge in [0.25, 0.3) is 0 Å². The summed E-state index contributed by atoms with van der Waals surface area (Å²) in [7, 11) is 0. The topological polar surface area (TPSA) is 23.5 Å². The second kappa shape index (κ2) is 6.35. The minimum absolute atomic E-state index is 0.0792. The molecule has 162 valence electrons. The van der Waals surface area contributed by atoms with Gasteiger partial charge in [0.1, 0.15) is 0 Å². The van der Waals surface area contributed by atoms with Gasteiger partial charge in [-0.15, -0.1) is 0 Å². The van der Waals surface area contributed by atoms with E-state index in [9.17, 15) is 5.11 Å². The highest BCUT2D eigenvalue weighted by Crippen LogP contribution is 2.69. The number of rotatable bonds is 0. The Morgan fingerprint density at radius 2 is 1.83 bits per heavy atom. The minimum atomic E-state index is -0.0792. The Labute approximate surface area is 178 Å². The second-order valence-electron chi connectivity index (χ2n) is 12.8. The molecule has 0 aromatic carbocycles. The maximum atomic E-state index is 10.3. The molecule has 2 saturated heterocycles. The fraction of sp³-hybridized carbons (Fsp3) is 0.926. The second-order valence-corrected chi connectivity index (χ2v) is 12.8. The van der Waals surface area contributed by atoms with E-state index in [2.05, 4.69) is 38.7 Å². The number of hydrogen-bond donors (Lipinski definition) is 1. The molecule has 6 aliphatic rings. The number of fused-ring (bicyclic) bond motifs is 9. The van der Waals surface area contributed by atoms with Crippen LogP contribution in [0, 0.1) is 46.3 Å². The van der Waals surface area contributed by atoms with E-state index in [1.54, 1.807) is 5.57 Å². The van der Waals surface area contributed by atoms with Gasteiger partial charge in [0.15, 0.2) is 0 Å². The van der Waals surface area contributed by atoms with Crippen LogP contribution in [0.5, 0.6) is 0 Å². The average molecular weight is 398 g/mol. The maximum Gasteiger partial charge on any atom is 0.0577 e. The average Bonchev–Trinajstić information content (AvgIpc) is 3.15. The molecule has 5 fully saturated rings. The Morgan fingerprint density at radius 3 is 2.66 bits per heavy atom. The molecule has 11 atom stereocenters. The molecular formula is C27H43NO. The van der Waals surface area contributed by atoms with Crippen molar-refractivity contribution in [3.05, 3.63) is 11.6 Å². The first-order valence-corrected chi connectivity index (χ1v) is 13.0. The molecule has 0 aromatic rings. The molecule has 2 heteroatoms. The Bertz CT molecular complexity index is 715. The molecule has 2 aliphatic heterocycles. The third-order valence-electron chi connectivity index (χ3n) is 11.7. The Kier molecular flexibility index (Phi) is 4.23. The molecule has 0 spiro atoms. The zero-order chi connectivity index (χ0) is 20.1. The fourth-order valence-electron chi connectivity index (χ4n) is 10.4. The molecular weight excluding hydrogens is 354 g/mol. The van der Waals surface area contributed by atoms with Gasteiger partial charge in [-0.05, 0) is 104 Å². The van der Waals surface area contributed by atoms with E-state index in [1.807, 2.05) is 0 Å². The number of hydrogen-bond acceptors (Lipinski definition) is 2. The molecule has 0 amide bonds. The van der Waals surface area contributed by atoms with Crippen molar-refractivity contribution in [3.63, 3.8) is 0 Å². The Hall–Kier alpha value is -0.340. The molecule has 0 aromatic heterocycles. The number of piperidine rings is 1. The third kappa shape index (κ3) is 2.48. The van der Waals surface area contributed by atoms with Gasteiger partial charge in [0.2, 0.25) is 0 Å². The van der Waals surface area contributed by atoms with Crippen LogP contribution in [0.3, 0.4) is 0 Å². The summed E-state index contributed by atoms with van der Waals surface area (Å²) < 4.78 is 0. The van der Waals surface area contributed by atoms with Gasteiger partial charge in [0, 0.05) is 18.6 Å². The first-order chi connectivity index (χ1) is 13.8. The van der Waals surface area contributed by atoms with Crippen molar-refractivity contribution < 1.29 is 5.11 Å². The number of aliphatic hydroxyl groups excluding tert-OH is 1. The Balaban J connectivity index is 1.33. The maximum absolute atomic E-state index is 10.3. The summed E-state index contributed by atoms with van der Waals surface area (Å²) in [4.78, 5) is 3.02. The first-order valence-electron chi connectivity index (χ1n) is 13.0. The highest BCUT2D eigenvalue weighted by molar-refractivity contribution is 5.26. The summed E-state index contributed by atoms with van der Waals surface area (Å²) >= 11 is 0. The van der Waals surface area contributed by atoms with Gasteiger partial charge in [0.05, 0.1) is 6.10 Å². The molecule has 6 rings (SSSR count). The van der Waals surface area contributed by atoms with Crippen LogP contribution >= 0.6 is 0 Å². The van der Waals surface area contributed by atoms with Crippen LogP contribution in [0.1, 0.15) is 85.5 Å². The lowest BCUT2D eigenvalue weighted by Gasteiger charge is -2.58. The molecule has 0 radical (unpaired) electrons. The smallest absolute Gasteiger partial charge is 0.0577 e. The van der Waals surface area contributed by atoms with Crippen molar-refractivity contribution in [3.8, 4) is 0 Å². The van der Waals surface area contributed by atoms with Crippen molar-refractivity contribution in [2.45, 2.75) is 104 Å². The highest BCUT2D eigenvalue weighted by Gasteiger charge is 2.66. The summed E-state index contributed by atoms with van der Waals surface area (Å²) in [5.74, 6) is 5.44. The summed E-state index contributed by atoms with van der Waals surface area (Å²) in [6.45, 7) is 11.8. The summed E-state index contributed by atoms with van der Waals surface area (Å²) in [6, 6.07) is 1.75. The van der Waals surface area contributed by atoms with Gasteiger partial charge >= 0.3 is 0 Å². The number of allylic oxidation sites excluding steroid dienone is 1. The van der Waals surface area contributed by atoms with E-state index >= 15 is 0 Å². The Morgan fingerprint density at radius 1 is 1.00 bits per heavy atom. The van der Waals surface area contributed by atoms with E-state index in [4.69, 9.17) is 0 Å². The molecule has 3 saturated carbocycles. The van der Waals surface area contributed by atoms with Crippen LogP contribution in [-0.4, -0.2) is 34.7 Å². The lowest BCUT2D eigenvalue weighted by molar-refractivity contribution is -0.0574. The lowest BCUT2D eigenvalue weighted by Crippen LogP contribution is -2.51. The van der Waals surface area contributed by atoms with Crippen molar-refractivity contribution in [1.29, 1.82) is 0 Å². The zero-order valence-corrected chi connectivity index (χ0v) is 19.2. The van der Waals surface area contributed by atoms with Crippen LogP contribution in [0.2, 0.25) is 0 Å². The lowest BCUT2D eigenvalue weighted by atomic mass is 9.47. The minimum Gasteiger partial charge on any atom is -0.393 e. The van der Waals surface area contributed by atoms with Gasteiger partial charge in [-0.1, -0.05) is 39.3 Å². The van der Waals surface area contributed by atoms with Crippen LogP contribution in [0.15, 0.2) is 11.6 Å². The molecule has 2 nitrogen and oxygen atoms in total. The molecule has 2 heterocycles. The van der Waals surface area contributed by atoms with E-state index in [0.717, 1.165) is 60.4 Å². The SMILES string of the molecule is CC1C2C(CC3C4CC=C5C[C@@H](O)CC[C@]5(C)C4CC[C@@]32C)N2C[C@@H](C)CC[C@H]12. The molecule has 29 heavy (non-hydrogen) atoms. The normalized spacial score (nSPS) is 59.2. The van der Waals surface area contributed by atoms with Crippen LogP contribution in [0.4, 0.5) is 0 Å². The van der Waals surface area contributed by atoms with Crippen molar-refractivity contribution in [2.24, 2.45) is 46.3 Å². The van der Waals surface area contributed by atoms with Crippen LogP contribution in [-0.2, 0) is 0 Å². The van der Waals surface area contributed by atoms with Crippen molar-refractivity contribution in [2.75, 3.05) is 6.54 Å². The van der Waals surface area contributed by atoms with E-state index in [-0.39, 0.29) is 6.10 Å². The number of nitrogens with zero attached hydrogens (tertiary/aromatic N) is 1. The van der Waals surface area contributed by atoms with Gasteiger partial charge in [-0.25, -0.2) is 0 Å². The summed E-state index contributed by atoms with van der Waals surface area (Å²) in [6.07, 6.45) is 14.3. The third-order valence-corrected chi connectivity index (χ3v) is 11.7. The van der Waals surface area contributed by atoms with Crippen LogP contribution in [0.25, 0.3) is 0 Å². The molecule has 1 N–H and O–H groups in total. The molecule has 0 bridgehead atoms. The van der Waals surface area contributed by atoms with Gasteiger partial charge in [-0.2, -0.15) is 0 Å². The fourth-order valence-corrected chi connectivity index (χ4v) is 10.4. The number of aliphatic hydroxyl groups is 1. The van der Waals surface area contributed by atoms with E-state index < -0.39 is 0 Å². The van der Waals surface area contributed by atoms with E-state index in [1.165, 1.54) is 51.5 Å². The first kappa shape index (κ1) is 19.4. The zero-order valence-electron chi connectivity index (χ0n) is 19.2. The van der Waals surface area contributed by atoms with Gasteiger partial charge in [-0.3, -0.25) is 4.90 Å². The summed E-state index contributed by atoms with van der Waals surface area (Å²) in [5.41, 5.74) is 2.58. The van der Waals surface area contributed by atoms with E-state index in [0.29, 0.717) is 10.8 Å². The monoisotopic (exact) mass is 397 g/mol.